The van der Waals surface area contributed by atoms with E-state index >= 15 is 0 Å². The van der Waals surface area contributed by atoms with E-state index < -0.39 is 48.0 Å². The molecule has 0 saturated carbocycles. The average Bonchev–Trinajstić information content (AvgIpc) is 2.99. The van der Waals surface area contributed by atoms with Crippen molar-refractivity contribution < 1.29 is 42.9 Å². The van der Waals surface area contributed by atoms with Gasteiger partial charge in [0.1, 0.15) is 18.8 Å². The number of benzene rings is 2. The molecule has 0 aromatic heterocycles. The van der Waals surface area contributed by atoms with Crippen LogP contribution in [0.15, 0.2) is 42.5 Å². The summed E-state index contributed by atoms with van der Waals surface area (Å²) in [4.78, 5) is 49.5. The van der Waals surface area contributed by atoms with Crippen LogP contribution < -0.4 is 5.32 Å². The first-order valence-corrected chi connectivity index (χ1v) is 16.2. The molecule has 4 atom stereocenters. The topological polar surface area (TPSA) is 126 Å². The van der Waals surface area contributed by atoms with Crippen molar-refractivity contribution >= 4 is 34.6 Å². The van der Waals surface area contributed by atoms with Gasteiger partial charge in [-0.15, -0.1) is 0 Å². The Labute approximate surface area is 266 Å². The molecule has 0 unspecified atom stereocenters. The van der Waals surface area contributed by atoms with E-state index in [1.54, 1.807) is 12.1 Å². The lowest BCUT2D eigenvalue weighted by Gasteiger charge is -2.46. The molecule has 1 amide bonds. The summed E-state index contributed by atoms with van der Waals surface area (Å²) in [6.07, 6.45) is 8.02. The van der Waals surface area contributed by atoms with Gasteiger partial charge < -0.3 is 29.0 Å². The van der Waals surface area contributed by atoms with Crippen molar-refractivity contribution in [2.45, 2.75) is 123 Å². The van der Waals surface area contributed by atoms with Crippen molar-refractivity contribution in [3.63, 3.8) is 0 Å². The van der Waals surface area contributed by atoms with E-state index in [1.165, 1.54) is 59.3 Å². The van der Waals surface area contributed by atoms with E-state index in [1.807, 2.05) is 30.3 Å². The highest BCUT2D eigenvalue weighted by Gasteiger charge is 2.53. The van der Waals surface area contributed by atoms with Crippen LogP contribution in [0.5, 0.6) is 0 Å². The summed E-state index contributed by atoms with van der Waals surface area (Å²) >= 11 is 0. The van der Waals surface area contributed by atoms with Crippen molar-refractivity contribution in [3.05, 3.63) is 48.0 Å². The zero-order valence-corrected chi connectivity index (χ0v) is 27.1. The van der Waals surface area contributed by atoms with Gasteiger partial charge in [0.2, 0.25) is 0 Å². The molecular weight excluding hydrogens is 578 g/mol. The molecule has 3 rings (SSSR count). The minimum atomic E-state index is -1.76. The summed E-state index contributed by atoms with van der Waals surface area (Å²) in [6, 6.07) is 13.0. The third-order valence-electron chi connectivity index (χ3n) is 7.76. The van der Waals surface area contributed by atoms with Gasteiger partial charge in [-0.05, 0) is 29.3 Å². The maximum atomic E-state index is 13.7. The molecular formula is C35H49NO9. The van der Waals surface area contributed by atoms with Gasteiger partial charge in [-0.2, -0.15) is 0 Å². The molecule has 2 aromatic rings. The highest BCUT2D eigenvalue weighted by Crippen LogP contribution is 2.34. The third kappa shape index (κ3) is 12.1. The molecule has 0 bridgehead atoms. The smallest absolute Gasteiger partial charge is 0.303 e. The second kappa shape index (κ2) is 18.5. The molecule has 0 radical (unpaired) electrons. The van der Waals surface area contributed by atoms with Crippen LogP contribution in [0.3, 0.4) is 0 Å². The summed E-state index contributed by atoms with van der Waals surface area (Å²) in [5.41, 5.74) is 0.377. The van der Waals surface area contributed by atoms with Gasteiger partial charge >= 0.3 is 17.9 Å². The summed E-state index contributed by atoms with van der Waals surface area (Å²) in [6.45, 7) is 5.85. The second-order valence-electron chi connectivity index (χ2n) is 11.7. The summed E-state index contributed by atoms with van der Waals surface area (Å²) in [5, 5.41) is 4.75. The number of carbonyl (C=O) groups excluding carboxylic acids is 4. The second-order valence-corrected chi connectivity index (χ2v) is 11.7. The van der Waals surface area contributed by atoms with Crippen molar-refractivity contribution in [2.24, 2.45) is 0 Å². The minimum absolute atomic E-state index is 0.155. The van der Waals surface area contributed by atoms with Gasteiger partial charge in [0.15, 0.2) is 6.10 Å². The number of ether oxygens (including phenoxy) is 5. The molecule has 1 N–H and O–H groups in total. The first-order valence-electron chi connectivity index (χ1n) is 16.2. The predicted molar refractivity (Wildman–Crippen MR) is 169 cm³/mol. The van der Waals surface area contributed by atoms with Crippen molar-refractivity contribution in [1.82, 2.24) is 5.32 Å². The first-order chi connectivity index (χ1) is 21.6. The summed E-state index contributed by atoms with van der Waals surface area (Å²) < 4.78 is 28.9. The Kier molecular flexibility index (Phi) is 14.8. The quantitative estimate of drug-likeness (QED) is 0.0867. The van der Waals surface area contributed by atoms with Gasteiger partial charge in [0, 0.05) is 26.3 Å². The van der Waals surface area contributed by atoms with E-state index in [-0.39, 0.29) is 19.6 Å². The van der Waals surface area contributed by atoms with Crippen molar-refractivity contribution in [1.29, 1.82) is 0 Å². The fourth-order valence-electron chi connectivity index (χ4n) is 5.59. The van der Waals surface area contributed by atoms with Crippen molar-refractivity contribution in [3.8, 4) is 0 Å². The van der Waals surface area contributed by atoms with E-state index in [2.05, 4.69) is 12.2 Å². The van der Waals surface area contributed by atoms with Crippen LogP contribution in [0.1, 0.15) is 109 Å². The molecule has 0 spiro atoms. The van der Waals surface area contributed by atoms with Gasteiger partial charge in [-0.3, -0.25) is 19.2 Å². The number of unbranched alkanes of at least 4 members (excludes halogenated alkanes) is 9. The van der Waals surface area contributed by atoms with E-state index in [0.29, 0.717) is 12.0 Å². The number of rotatable bonds is 18. The van der Waals surface area contributed by atoms with Crippen molar-refractivity contribution in [2.75, 3.05) is 13.2 Å². The molecule has 1 aliphatic heterocycles. The van der Waals surface area contributed by atoms with Crippen LogP contribution in [0.4, 0.5) is 0 Å². The Morgan fingerprint density at radius 3 is 2.04 bits per heavy atom. The fourth-order valence-corrected chi connectivity index (χ4v) is 5.59. The highest BCUT2D eigenvalue weighted by atomic mass is 16.7. The van der Waals surface area contributed by atoms with E-state index in [4.69, 9.17) is 23.7 Å². The Morgan fingerprint density at radius 2 is 1.42 bits per heavy atom. The number of fused-ring (bicyclic) bond motifs is 1. The predicted octanol–water partition coefficient (Wildman–Crippen LogP) is 6.38. The number of hydrogen-bond acceptors (Lipinski definition) is 9. The van der Waals surface area contributed by atoms with Crippen LogP contribution in [-0.4, -0.2) is 61.3 Å². The standard InChI is InChI=1S/C35H49NO9/c1-5-6-7-8-9-10-11-12-13-16-21-42-35(36-34(40)30-20-19-28-17-14-15-18-29(28)22-30)23-31(43-26(3)38)33(44-27(4)39)32(45-35)24-41-25(2)37/h14-15,17-20,22,31-33H,5-13,16,21,23-24H2,1-4H3,(H,36,40)/t31-,32-,33+,35+/m1/s1. The van der Waals surface area contributed by atoms with Crippen LogP contribution in [0.25, 0.3) is 10.8 Å². The molecule has 10 nitrogen and oxygen atoms in total. The number of nitrogens with one attached hydrogen (secondary N) is 1. The maximum Gasteiger partial charge on any atom is 0.303 e. The molecule has 0 aliphatic carbocycles. The Bertz CT molecular complexity index is 1260. The first kappa shape index (κ1) is 36.0. The van der Waals surface area contributed by atoms with Gasteiger partial charge in [-0.25, -0.2) is 0 Å². The number of esters is 3. The normalized spacial score (nSPS) is 21.2. The van der Waals surface area contributed by atoms with Crippen LogP contribution >= 0.6 is 0 Å². The highest BCUT2D eigenvalue weighted by molar-refractivity contribution is 5.98. The van der Waals surface area contributed by atoms with E-state index in [0.717, 1.165) is 30.0 Å². The van der Waals surface area contributed by atoms with Gasteiger partial charge in [-0.1, -0.05) is 95.0 Å². The molecule has 1 aliphatic rings. The molecule has 248 valence electrons. The number of amides is 1. The van der Waals surface area contributed by atoms with Gasteiger partial charge in [0.25, 0.3) is 11.8 Å². The number of carbonyl (C=O) groups is 4. The molecule has 2 aromatic carbocycles. The zero-order chi connectivity index (χ0) is 32.7. The third-order valence-corrected chi connectivity index (χ3v) is 7.76. The van der Waals surface area contributed by atoms with Crippen LogP contribution in [-0.2, 0) is 38.1 Å². The zero-order valence-electron chi connectivity index (χ0n) is 27.1. The van der Waals surface area contributed by atoms with E-state index in [9.17, 15) is 19.2 Å². The lowest BCUT2D eigenvalue weighted by Crippen LogP contribution is -2.65. The maximum absolute atomic E-state index is 13.7. The lowest BCUT2D eigenvalue weighted by molar-refractivity contribution is -0.333. The fraction of sp³-hybridized carbons (Fsp3) is 0.600. The SMILES string of the molecule is CCCCCCCCCCCCO[C@@]1(NC(=O)c2ccc3ccccc3c2)C[C@@H](OC(C)=O)[C@H](OC(C)=O)[C@@H](COC(C)=O)O1. The Balaban J connectivity index is 1.79. The molecule has 1 heterocycles. The van der Waals surface area contributed by atoms with Gasteiger partial charge in [0.05, 0.1) is 13.0 Å². The van der Waals surface area contributed by atoms with Crippen LogP contribution in [0, 0.1) is 0 Å². The molecule has 1 fully saturated rings. The largest absolute Gasteiger partial charge is 0.463 e. The van der Waals surface area contributed by atoms with Crippen LogP contribution in [0.2, 0.25) is 0 Å². The summed E-state index contributed by atoms with van der Waals surface area (Å²) in [7, 11) is 0. The average molecular weight is 628 g/mol. The Morgan fingerprint density at radius 1 is 0.800 bits per heavy atom. The summed E-state index contributed by atoms with van der Waals surface area (Å²) in [5.74, 6) is -4.06. The number of hydrogen-bond donors (Lipinski definition) is 1. The molecule has 45 heavy (non-hydrogen) atoms. The lowest BCUT2D eigenvalue weighted by atomic mass is 9.98. The monoisotopic (exact) mass is 627 g/mol. The molecule has 10 heteroatoms. The molecule has 1 saturated heterocycles. The minimum Gasteiger partial charge on any atom is -0.463 e. The Hall–Kier alpha value is -3.50.